The highest BCUT2D eigenvalue weighted by atomic mass is 32.1. The van der Waals surface area contributed by atoms with Crippen molar-refractivity contribution in [2.45, 2.75) is 6.54 Å². The maximum atomic E-state index is 5.30. The van der Waals surface area contributed by atoms with Crippen LogP contribution in [0.25, 0.3) is 0 Å². The number of benzene rings is 1. The first-order valence-corrected chi connectivity index (χ1v) is 6.19. The van der Waals surface area contributed by atoms with E-state index in [1.807, 2.05) is 24.3 Å². The maximum Gasteiger partial charge on any atom is 0.142 e. The Morgan fingerprint density at radius 3 is 2.71 bits per heavy atom. The molecular formula is C13H15NO2S. The fraction of sp³-hybridized carbons (Fsp3) is 0.231. The number of thiophene rings is 1. The van der Waals surface area contributed by atoms with E-state index in [4.69, 9.17) is 9.47 Å². The van der Waals surface area contributed by atoms with E-state index in [1.165, 1.54) is 4.88 Å². The van der Waals surface area contributed by atoms with Crippen LogP contribution in [0, 0.1) is 0 Å². The minimum atomic E-state index is 0.793. The molecule has 0 unspecified atom stereocenters. The van der Waals surface area contributed by atoms with Crippen LogP contribution in [-0.2, 0) is 6.54 Å². The Kier molecular flexibility index (Phi) is 3.88. The second-order valence-corrected chi connectivity index (χ2v) is 4.53. The van der Waals surface area contributed by atoms with Gasteiger partial charge in [-0.25, -0.2) is 0 Å². The van der Waals surface area contributed by atoms with Gasteiger partial charge in [0.25, 0.3) is 0 Å². The summed E-state index contributed by atoms with van der Waals surface area (Å²) in [5, 5.41) is 5.42. The molecule has 1 heterocycles. The summed E-state index contributed by atoms with van der Waals surface area (Å²) in [7, 11) is 3.32. The summed E-state index contributed by atoms with van der Waals surface area (Å²) in [6.45, 7) is 0.793. The Hall–Kier alpha value is -1.68. The minimum absolute atomic E-state index is 0.793. The van der Waals surface area contributed by atoms with Gasteiger partial charge in [-0.05, 0) is 23.6 Å². The smallest absolute Gasteiger partial charge is 0.142 e. The quantitative estimate of drug-likeness (QED) is 0.881. The van der Waals surface area contributed by atoms with Crippen LogP contribution in [0.15, 0.2) is 35.7 Å². The van der Waals surface area contributed by atoms with Crippen molar-refractivity contribution >= 4 is 17.0 Å². The predicted molar refractivity (Wildman–Crippen MR) is 71.2 cm³/mol. The van der Waals surface area contributed by atoms with E-state index in [0.29, 0.717) is 0 Å². The van der Waals surface area contributed by atoms with Crippen molar-refractivity contribution in [3.8, 4) is 11.5 Å². The lowest BCUT2D eigenvalue weighted by molar-refractivity contribution is 0.404. The molecule has 3 nitrogen and oxygen atoms in total. The van der Waals surface area contributed by atoms with Gasteiger partial charge in [0.15, 0.2) is 0 Å². The van der Waals surface area contributed by atoms with Gasteiger partial charge >= 0.3 is 0 Å². The Morgan fingerprint density at radius 1 is 1.18 bits per heavy atom. The van der Waals surface area contributed by atoms with E-state index < -0.39 is 0 Å². The Balaban J connectivity index is 2.12. The van der Waals surface area contributed by atoms with Gasteiger partial charge in [0.05, 0.1) is 19.9 Å². The molecule has 0 aliphatic heterocycles. The molecule has 0 saturated heterocycles. The zero-order valence-electron chi connectivity index (χ0n) is 9.90. The van der Waals surface area contributed by atoms with Gasteiger partial charge in [-0.3, -0.25) is 0 Å². The number of hydrogen-bond donors (Lipinski definition) is 1. The van der Waals surface area contributed by atoms with E-state index in [0.717, 1.165) is 23.7 Å². The Morgan fingerprint density at radius 2 is 2.06 bits per heavy atom. The molecule has 17 heavy (non-hydrogen) atoms. The van der Waals surface area contributed by atoms with Crippen LogP contribution in [0.1, 0.15) is 4.88 Å². The molecule has 2 rings (SSSR count). The lowest BCUT2D eigenvalue weighted by atomic mass is 10.2. The zero-order valence-corrected chi connectivity index (χ0v) is 10.7. The third-order valence-electron chi connectivity index (χ3n) is 2.44. The molecule has 0 amide bonds. The third-order valence-corrected chi connectivity index (χ3v) is 3.32. The summed E-state index contributed by atoms with van der Waals surface area (Å²) < 4.78 is 10.5. The Bertz CT molecular complexity index is 468. The molecule has 1 aromatic carbocycles. The normalized spacial score (nSPS) is 10.0. The predicted octanol–water partition coefficient (Wildman–Crippen LogP) is 3.38. The monoisotopic (exact) mass is 249 g/mol. The molecule has 0 saturated carbocycles. The van der Waals surface area contributed by atoms with Crippen LogP contribution in [0.4, 0.5) is 5.69 Å². The first-order chi connectivity index (χ1) is 8.33. The number of nitrogens with one attached hydrogen (secondary N) is 1. The van der Waals surface area contributed by atoms with E-state index in [2.05, 4.69) is 16.8 Å². The van der Waals surface area contributed by atoms with Gasteiger partial charge < -0.3 is 14.8 Å². The number of hydrogen-bond acceptors (Lipinski definition) is 4. The van der Waals surface area contributed by atoms with Crippen molar-refractivity contribution < 1.29 is 9.47 Å². The highest BCUT2D eigenvalue weighted by Gasteiger charge is 2.04. The van der Waals surface area contributed by atoms with Gasteiger partial charge in [0.2, 0.25) is 0 Å². The van der Waals surface area contributed by atoms with Crippen molar-refractivity contribution in [2.24, 2.45) is 0 Å². The zero-order chi connectivity index (χ0) is 12.1. The molecule has 0 aliphatic rings. The fourth-order valence-electron chi connectivity index (χ4n) is 1.55. The van der Waals surface area contributed by atoms with Crippen LogP contribution in [-0.4, -0.2) is 14.2 Å². The summed E-state index contributed by atoms with van der Waals surface area (Å²) in [5.41, 5.74) is 0.945. The first-order valence-electron chi connectivity index (χ1n) is 5.32. The summed E-state index contributed by atoms with van der Waals surface area (Å²) in [6, 6.07) is 9.87. The van der Waals surface area contributed by atoms with Gasteiger partial charge in [-0.1, -0.05) is 6.07 Å². The van der Waals surface area contributed by atoms with E-state index in [1.54, 1.807) is 25.6 Å². The van der Waals surface area contributed by atoms with Crippen molar-refractivity contribution in [1.29, 1.82) is 0 Å². The van der Waals surface area contributed by atoms with E-state index in [9.17, 15) is 0 Å². The topological polar surface area (TPSA) is 30.5 Å². The van der Waals surface area contributed by atoms with Gasteiger partial charge in [-0.15, -0.1) is 11.3 Å². The standard InChI is InChI=1S/C13H15NO2S/c1-15-10-5-6-13(16-2)12(8-10)14-9-11-4-3-7-17-11/h3-8,14H,9H2,1-2H3. The minimum Gasteiger partial charge on any atom is -0.497 e. The first kappa shape index (κ1) is 11.8. The van der Waals surface area contributed by atoms with Crippen LogP contribution in [0.5, 0.6) is 11.5 Å². The molecule has 0 aliphatic carbocycles. The molecule has 1 N–H and O–H groups in total. The highest BCUT2D eigenvalue weighted by Crippen LogP contribution is 2.29. The lowest BCUT2D eigenvalue weighted by Gasteiger charge is -2.11. The number of methoxy groups -OCH3 is 2. The van der Waals surface area contributed by atoms with Crippen LogP contribution >= 0.6 is 11.3 Å². The van der Waals surface area contributed by atoms with Gasteiger partial charge in [0.1, 0.15) is 11.5 Å². The summed E-state index contributed by atoms with van der Waals surface area (Å²) in [5.74, 6) is 1.64. The molecule has 90 valence electrons. The molecule has 2 aromatic rings. The molecule has 0 fully saturated rings. The second kappa shape index (κ2) is 5.59. The van der Waals surface area contributed by atoms with Crippen molar-refractivity contribution in [2.75, 3.05) is 19.5 Å². The number of ether oxygens (including phenoxy) is 2. The average Bonchev–Trinajstić information content (AvgIpc) is 2.89. The summed E-state index contributed by atoms with van der Waals surface area (Å²) in [6.07, 6.45) is 0. The van der Waals surface area contributed by atoms with Crippen molar-refractivity contribution in [1.82, 2.24) is 0 Å². The number of rotatable bonds is 5. The summed E-state index contributed by atoms with van der Waals surface area (Å²) in [4.78, 5) is 1.29. The van der Waals surface area contributed by atoms with Crippen LogP contribution in [0.2, 0.25) is 0 Å². The molecule has 0 radical (unpaired) electrons. The molecule has 0 spiro atoms. The molecular weight excluding hydrogens is 234 g/mol. The largest absolute Gasteiger partial charge is 0.497 e. The van der Waals surface area contributed by atoms with E-state index >= 15 is 0 Å². The lowest BCUT2D eigenvalue weighted by Crippen LogP contribution is -2.00. The maximum absolute atomic E-state index is 5.30. The van der Waals surface area contributed by atoms with Crippen LogP contribution in [0.3, 0.4) is 0 Å². The van der Waals surface area contributed by atoms with Crippen LogP contribution < -0.4 is 14.8 Å². The van der Waals surface area contributed by atoms with E-state index in [-0.39, 0.29) is 0 Å². The van der Waals surface area contributed by atoms with Gasteiger partial charge in [0, 0.05) is 17.5 Å². The SMILES string of the molecule is COc1ccc(OC)c(NCc2cccs2)c1. The Labute approximate surface area is 105 Å². The third kappa shape index (κ3) is 2.91. The second-order valence-electron chi connectivity index (χ2n) is 3.50. The molecule has 4 heteroatoms. The van der Waals surface area contributed by atoms with Crippen molar-refractivity contribution in [3.05, 3.63) is 40.6 Å². The fourth-order valence-corrected chi connectivity index (χ4v) is 2.19. The van der Waals surface area contributed by atoms with Gasteiger partial charge in [-0.2, -0.15) is 0 Å². The average molecular weight is 249 g/mol. The van der Waals surface area contributed by atoms with Crippen molar-refractivity contribution in [3.63, 3.8) is 0 Å². The molecule has 0 atom stereocenters. The molecule has 0 bridgehead atoms. The number of anilines is 1. The highest BCUT2D eigenvalue weighted by molar-refractivity contribution is 7.09. The summed E-state index contributed by atoms with van der Waals surface area (Å²) >= 11 is 1.73. The molecule has 1 aromatic heterocycles.